The third-order valence-corrected chi connectivity index (χ3v) is 3.32. The molecule has 0 saturated heterocycles. The molecule has 1 aromatic heterocycles. The van der Waals surface area contributed by atoms with E-state index in [1.54, 1.807) is 6.92 Å². The van der Waals surface area contributed by atoms with Crippen LogP contribution in [0.1, 0.15) is 24.7 Å². The van der Waals surface area contributed by atoms with Gasteiger partial charge >= 0.3 is 5.97 Å². The van der Waals surface area contributed by atoms with E-state index in [0.717, 1.165) is 11.4 Å². The minimum Gasteiger partial charge on any atom is -0.468 e. The molecule has 6 heteroatoms. The van der Waals surface area contributed by atoms with Gasteiger partial charge < -0.3 is 10.5 Å². The maximum Gasteiger partial charge on any atom is 0.325 e. The summed E-state index contributed by atoms with van der Waals surface area (Å²) < 4.78 is 4.65. The van der Waals surface area contributed by atoms with Crippen molar-refractivity contribution < 1.29 is 9.53 Å². The molecule has 0 aliphatic carbocycles. The Morgan fingerprint density at radius 1 is 1.44 bits per heavy atom. The van der Waals surface area contributed by atoms with Gasteiger partial charge in [-0.15, -0.1) is 0 Å². The highest BCUT2D eigenvalue weighted by molar-refractivity contribution is 7.99. The molecule has 5 nitrogen and oxygen atoms in total. The Balaban J connectivity index is 2.53. The number of hydrogen-bond donors (Lipinski definition) is 1. The molecule has 0 amide bonds. The number of nitrogens with zero attached hydrogens (tertiary/aromatic N) is 2. The van der Waals surface area contributed by atoms with Crippen LogP contribution in [-0.4, -0.2) is 34.3 Å². The topological polar surface area (TPSA) is 78.1 Å². The summed E-state index contributed by atoms with van der Waals surface area (Å²) in [6.45, 7) is 5.53. The lowest BCUT2D eigenvalue weighted by Crippen LogP contribution is -2.46. The summed E-state index contributed by atoms with van der Waals surface area (Å²) in [6.07, 6.45) is 0.515. The first kappa shape index (κ1) is 14.9. The van der Waals surface area contributed by atoms with Crippen LogP contribution in [0.25, 0.3) is 0 Å². The Morgan fingerprint density at radius 2 is 2.00 bits per heavy atom. The molecule has 0 fully saturated rings. The number of carbonyl (C=O) groups excluding carboxylic acids is 1. The quantitative estimate of drug-likeness (QED) is 0.495. The summed E-state index contributed by atoms with van der Waals surface area (Å²) in [4.78, 5) is 20.0. The van der Waals surface area contributed by atoms with Gasteiger partial charge in [0.05, 0.1) is 7.11 Å². The van der Waals surface area contributed by atoms with Crippen LogP contribution in [0.3, 0.4) is 0 Å². The second kappa shape index (κ2) is 6.15. The highest BCUT2D eigenvalue weighted by Gasteiger charge is 2.28. The van der Waals surface area contributed by atoms with Crippen LogP contribution < -0.4 is 5.73 Å². The molecule has 0 aromatic carbocycles. The van der Waals surface area contributed by atoms with Crippen molar-refractivity contribution in [3.63, 3.8) is 0 Å². The molecule has 1 unspecified atom stereocenters. The number of hydrogen-bond acceptors (Lipinski definition) is 6. The standard InChI is InChI=1S/C12H19N3O2S/c1-8-7-9(2)15-11(14-8)18-6-5-12(3,13)10(16)17-4/h7H,5-6,13H2,1-4H3. The maximum atomic E-state index is 11.4. The minimum absolute atomic E-state index is 0.399. The molecule has 1 heterocycles. The van der Waals surface area contributed by atoms with E-state index in [1.165, 1.54) is 18.9 Å². The first-order valence-electron chi connectivity index (χ1n) is 5.67. The van der Waals surface area contributed by atoms with Crippen molar-refractivity contribution in [1.82, 2.24) is 9.97 Å². The number of methoxy groups -OCH3 is 1. The van der Waals surface area contributed by atoms with Gasteiger partial charge in [0.15, 0.2) is 5.16 Å². The van der Waals surface area contributed by atoms with Crippen LogP contribution in [-0.2, 0) is 9.53 Å². The molecule has 1 atom stereocenters. The van der Waals surface area contributed by atoms with Gasteiger partial charge in [0.1, 0.15) is 5.54 Å². The van der Waals surface area contributed by atoms with Crippen LogP contribution in [0.2, 0.25) is 0 Å². The Kier molecular flexibility index (Phi) is 5.10. The van der Waals surface area contributed by atoms with Crippen molar-refractivity contribution >= 4 is 17.7 Å². The van der Waals surface area contributed by atoms with E-state index in [-0.39, 0.29) is 0 Å². The van der Waals surface area contributed by atoms with Gasteiger partial charge in [-0.25, -0.2) is 9.97 Å². The normalized spacial score (nSPS) is 14.1. The van der Waals surface area contributed by atoms with Gasteiger partial charge in [-0.05, 0) is 33.3 Å². The number of thioether (sulfide) groups is 1. The Bertz CT molecular complexity index is 415. The van der Waals surface area contributed by atoms with Crippen LogP contribution in [0.15, 0.2) is 11.2 Å². The predicted molar refractivity (Wildman–Crippen MR) is 71.5 cm³/mol. The summed E-state index contributed by atoms with van der Waals surface area (Å²) in [6, 6.07) is 1.92. The largest absolute Gasteiger partial charge is 0.468 e. The number of aryl methyl sites for hydroxylation is 2. The average Bonchev–Trinajstić information content (AvgIpc) is 2.26. The van der Waals surface area contributed by atoms with E-state index in [4.69, 9.17) is 5.73 Å². The monoisotopic (exact) mass is 269 g/mol. The van der Waals surface area contributed by atoms with Crippen LogP contribution in [0.4, 0.5) is 0 Å². The fourth-order valence-corrected chi connectivity index (χ4v) is 2.57. The number of esters is 1. The lowest BCUT2D eigenvalue weighted by Gasteiger charge is -2.20. The third-order valence-electron chi connectivity index (χ3n) is 2.47. The average molecular weight is 269 g/mol. The zero-order valence-corrected chi connectivity index (χ0v) is 12.0. The SMILES string of the molecule is COC(=O)C(C)(N)CCSc1nc(C)cc(C)n1. The van der Waals surface area contributed by atoms with Crippen molar-refractivity contribution in [2.24, 2.45) is 5.73 Å². The van der Waals surface area contributed by atoms with E-state index in [0.29, 0.717) is 17.3 Å². The zero-order valence-electron chi connectivity index (χ0n) is 11.2. The van der Waals surface area contributed by atoms with Crippen LogP contribution in [0.5, 0.6) is 0 Å². The highest BCUT2D eigenvalue weighted by atomic mass is 32.2. The number of rotatable bonds is 5. The molecule has 0 bridgehead atoms. The number of carbonyl (C=O) groups is 1. The molecule has 18 heavy (non-hydrogen) atoms. The summed E-state index contributed by atoms with van der Waals surface area (Å²) in [7, 11) is 1.34. The van der Waals surface area contributed by atoms with E-state index in [2.05, 4.69) is 14.7 Å². The minimum atomic E-state index is -0.958. The summed E-state index contributed by atoms with van der Waals surface area (Å²) >= 11 is 1.49. The Hall–Kier alpha value is -1.14. The van der Waals surface area contributed by atoms with Gasteiger partial charge in [-0.3, -0.25) is 4.79 Å². The second-order valence-electron chi connectivity index (χ2n) is 4.44. The van der Waals surface area contributed by atoms with Crippen molar-refractivity contribution in [3.05, 3.63) is 17.5 Å². The number of ether oxygens (including phenoxy) is 1. The van der Waals surface area contributed by atoms with E-state index >= 15 is 0 Å². The first-order chi connectivity index (χ1) is 8.35. The molecule has 0 spiro atoms. The molecule has 0 aliphatic heterocycles. The molecule has 1 rings (SSSR count). The fourth-order valence-electron chi connectivity index (χ4n) is 1.45. The number of aromatic nitrogens is 2. The van der Waals surface area contributed by atoms with Crippen molar-refractivity contribution in [3.8, 4) is 0 Å². The van der Waals surface area contributed by atoms with Crippen molar-refractivity contribution in [2.45, 2.75) is 37.9 Å². The van der Waals surface area contributed by atoms with Gasteiger partial charge in [0.2, 0.25) is 0 Å². The highest BCUT2D eigenvalue weighted by Crippen LogP contribution is 2.19. The second-order valence-corrected chi connectivity index (χ2v) is 5.50. The summed E-state index contributed by atoms with van der Waals surface area (Å²) in [5.74, 6) is 0.273. The molecule has 2 N–H and O–H groups in total. The van der Waals surface area contributed by atoms with Gasteiger partial charge in [0, 0.05) is 17.1 Å². The lowest BCUT2D eigenvalue weighted by molar-refractivity contribution is -0.146. The summed E-state index contributed by atoms with van der Waals surface area (Å²) in [5, 5.41) is 0.716. The van der Waals surface area contributed by atoms with E-state index in [9.17, 15) is 4.79 Å². The molecular formula is C12H19N3O2S. The molecule has 0 radical (unpaired) electrons. The lowest BCUT2D eigenvalue weighted by atomic mass is 10.0. The van der Waals surface area contributed by atoms with Crippen molar-refractivity contribution in [2.75, 3.05) is 12.9 Å². The third kappa shape index (κ3) is 4.27. The Labute approximate surface area is 112 Å². The smallest absolute Gasteiger partial charge is 0.325 e. The maximum absolute atomic E-state index is 11.4. The van der Waals surface area contributed by atoms with Crippen molar-refractivity contribution in [1.29, 1.82) is 0 Å². The fraction of sp³-hybridized carbons (Fsp3) is 0.583. The van der Waals surface area contributed by atoms with E-state index < -0.39 is 11.5 Å². The number of nitrogens with two attached hydrogens (primary N) is 1. The molecule has 100 valence electrons. The van der Waals surface area contributed by atoms with Crippen LogP contribution in [0, 0.1) is 13.8 Å². The molecule has 1 aromatic rings. The zero-order chi connectivity index (χ0) is 13.8. The Morgan fingerprint density at radius 3 is 2.50 bits per heavy atom. The van der Waals surface area contributed by atoms with Crippen LogP contribution >= 0.6 is 11.8 Å². The molecule has 0 saturated carbocycles. The summed E-state index contributed by atoms with van der Waals surface area (Å²) in [5.41, 5.74) is 6.79. The first-order valence-corrected chi connectivity index (χ1v) is 6.66. The van der Waals surface area contributed by atoms with E-state index in [1.807, 2.05) is 19.9 Å². The molecule has 0 aliphatic rings. The van der Waals surface area contributed by atoms with Gasteiger partial charge in [0.25, 0.3) is 0 Å². The van der Waals surface area contributed by atoms with Gasteiger partial charge in [-0.2, -0.15) is 0 Å². The predicted octanol–water partition coefficient (Wildman–Crippen LogP) is 1.47. The van der Waals surface area contributed by atoms with Gasteiger partial charge in [-0.1, -0.05) is 11.8 Å². The molecular weight excluding hydrogens is 250 g/mol.